The first-order chi connectivity index (χ1) is 8.52. The zero-order valence-electron chi connectivity index (χ0n) is 11.0. The van der Waals surface area contributed by atoms with Gasteiger partial charge in [-0.3, -0.25) is 4.79 Å². The van der Waals surface area contributed by atoms with Crippen molar-refractivity contribution in [3.63, 3.8) is 0 Å². The van der Waals surface area contributed by atoms with E-state index in [4.69, 9.17) is 5.73 Å². The van der Waals surface area contributed by atoms with Crippen molar-refractivity contribution in [3.05, 3.63) is 17.7 Å². The van der Waals surface area contributed by atoms with Crippen LogP contribution in [0.5, 0.6) is 0 Å². The smallest absolute Gasteiger partial charge is 0.228 e. The third-order valence-corrected chi connectivity index (χ3v) is 4.14. The molecule has 1 atom stereocenters. The number of hydrogen-bond donors (Lipinski definition) is 2. The summed E-state index contributed by atoms with van der Waals surface area (Å²) in [5.74, 6) is 1.08. The summed E-state index contributed by atoms with van der Waals surface area (Å²) >= 11 is 1.81. The highest BCUT2D eigenvalue weighted by atomic mass is 32.2. The number of amides is 1. The standard InChI is InChI=1S/C13H19N3OS/c1-8(7-18-3)16(2)12-6-11-9(4-10(12)14)5-13(17)15-11/h4,6,8H,5,7,14H2,1-3H3,(H,15,17). The maximum atomic E-state index is 11.4. The molecule has 1 amide bonds. The van der Waals surface area contributed by atoms with Crippen molar-refractivity contribution in [2.75, 3.05) is 35.0 Å². The molecule has 2 rings (SSSR count). The molecule has 0 saturated carbocycles. The number of nitrogens with one attached hydrogen (secondary N) is 1. The fraction of sp³-hybridized carbons (Fsp3) is 0.462. The van der Waals surface area contributed by atoms with E-state index < -0.39 is 0 Å². The Morgan fingerprint density at radius 3 is 2.94 bits per heavy atom. The van der Waals surface area contributed by atoms with Crippen LogP contribution in [0, 0.1) is 0 Å². The number of hydrogen-bond acceptors (Lipinski definition) is 4. The minimum Gasteiger partial charge on any atom is -0.397 e. The second-order valence-corrected chi connectivity index (χ2v) is 5.62. The predicted molar refractivity (Wildman–Crippen MR) is 79.4 cm³/mol. The van der Waals surface area contributed by atoms with Crippen LogP contribution in [0.3, 0.4) is 0 Å². The van der Waals surface area contributed by atoms with Crippen molar-refractivity contribution in [1.82, 2.24) is 0 Å². The maximum absolute atomic E-state index is 11.4. The summed E-state index contributed by atoms with van der Waals surface area (Å²) in [4.78, 5) is 13.5. The lowest BCUT2D eigenvalue weighted by molar-refractivity contribution is -0.115. The molecule has 1 heterocycles. The van der Waals surface area contributed by atoms with Crippen LogP contribution in [-0.4, -0.2) is 31.0 Å². The van der Waals surface area contributed by atoms with Crippen LogP contribution in [-0.2, 0) is 11.2 Å². The molecule has 1 aromatic carbocycles. The predicted octanol–water partition coefficient (Wildman–Crippen LogP) is 1.95. The molecule has 3 N–H and O–H groups in total. The van der Waals surface area contributed by atoms with Crippen LogP contribution >= 0.6 is 11.8 Å². The second-order valence-electron chi connectivity index (χ2n) is 4.71. The van der Waals surface area contributed by atoms with E-state index in [2.05, 4.69) is 23.4 Å². The molecule has 4 nitrogen and oxygen atoms in total. The first kappa shape index (κ1) is 13.1. The molecule has 0 fully saturated rings. The van der Waals surface area contributed by atoms with Gasteiger partial charge in [-0.05, 0) is 30.9 Å². The number of nitrogens with two attached hydrogens (primary N) is 1. The number of thioether (sulfide) groups is 1. The number of nitrogens with zero attached hydrogens (tertiary/aromatic N) is 1. The lowest BCUT2D eigenvalue weighted by Gasteiger charge is -2.28. The van der Waals surface area contributed by atoms with Crippen molar-refractivity contribution in [3.8, 4) is 0 Å². The van der Waals surface area contributed by atoms with Gasteiger partial charge in [0.05, 0.1) is 17.8 Å². The van der Waals surface area contributed by atoms with Crippen molar-refractivity contribution >= 4 is 34.7 Å². The molecule has 18 heavy (non-hydrogen) atoms. The van der Waals surface area contributed by atoms with E-state index in [0.29, 0.717) is 12.5 Å². The maximum Gasteiger partial charge on any atom is 0.228 e. The Morgan fingerprint density at radius 2 is 2.28 bits per heavy atom. The molecule has 1 unspecified atom stereocenters. The van der Waals surface area contributed by atoms with E-state index in [1.807, 2.05) is 30.9 Å². The summed E-state index contributed by atoms with van der Waals surface area (Å²) in [5.41, 5.74) is 9.70. The van der Waals surface area contributed by atoms with Gasteiger partial charge in [0.2, 0.25) is 5.91 Å². The molecule has 0 saturated heterocycles. The molecular formula is C13H19N3OS. The zero-order chi connectivity index (χ0) is 13.3. The summed E-state index contributed by atoms with van der Waals surface area (Å²) in [6.07, 6.45) is 2.53. The molecule has 0 spiro atoms. The Bertz CT molecular complexity index is 476. The Morgan fingerprint density at radius 1 is 1.56 bits per heavy atom. The Balaban J connectivity index is 2.29. The average molecular weight is 265 g/mol. The first-order valence-corrected chi connectivity index (χ1v) is 7.36. The summed E-state index contributed by atoms with van der Waals surface area (Å²) < 4.78 is 0. The SMILES string of the molecule is CSCC(C)N(C)c1cc2c(cc1N)CC(=O)N2. The minimum atomic E-state index is 0.0429. The quantitative estimate of drug-likeness (QED) is 0.817. The van der Waals surface area contributed by atoms with Crippen molar-refractivity contribution < 1.29 is 4.79 Å². The van der Waals surface area contributed by atoms with Crippen LogP contribution in [0.4, 0.5) is 17.1 Å². The number of anilines is 3. The highest BCUT2D eigenvalue weighted by Gasteiger charge is 2.21. The normalized spacial score (nSPS) is 15.2. The Labute approximate surface area is 112 Å². The number of fused-ring (bicyclic) bond motifs is 1. The molecule has 1 aliphatic heterocycles. The van der Waals surface area contributed by atoms with Gasteiger partial charge in [0.15, 0.2) is 0 Å². The van der Waals surface area contributed by atoms with Gasteiger partial charge >= 0.3 is 0 Å². The van der Waals surface area contributed by atoms with Crippen molar-refractivity contribution in [2.24, 2.45) is 0 Å². The summed E-state index contributed by atoms with van der Waals surface area (Å²) in [7, 11) is 2.04. The van der Waals surface area contributed by atoms with E-state index in [1.54, 1.807) is 0 Å². The molecule has 0 bridgehead atoms. The zero-order valence-corrected chi connectivity index (χ0v) is 11.8. The molecule has 5 heteroatoms. The number of nitrogen functional groups attached to an aromatic ring is 1. The van der Waals surface area contributed by atoms with Crippen LogP contribution < -0.4 is 16.0 Å². The van der Waals surface area contributed by atoms with Gasteiger partial charge in [0.25, 0.3) is 0 Å². The molecule has 0 aromatic heterocycles. The van der Waals surface area contributed by atoms with Gasteiger partial charge in [-0.1, -0.05) is 0 Å². The molecule has 98 valence electrons. The summed E-state index contributed by atoms with van der Waals surface area (Å²) in [6.45, 7) is 2.17. The van der Waals surface area contributed by atoms with E-state index in [9.17, 15) is 4.79 Å². The fourth-order valence-electron chi connectivity index (χ4n) is 2.18. The third kappa shape index (κ3) is 2.41. The van der Waals surface area contributed by atoms with Crippen molar-refractivity contribution in [1.29, 1.82) is 0 Å². The van der Waals surface area contributed by atoms with Gasteiger partial charge in [-0.2, -0.15) is 11.8 Å². The number of carbonyl (C=O) groups is 1. The largest absolute Gasteiger partial charge is 0.397 e. The molecule has 1 aromatic rings. The van der Waals surface area contributed by atoms with Crippen molar-refractivity contribution in [2.45, 2.75) is 19.4 Å². The number of carbonyl (C=O) groups excluding carboxylic acids is 1. The second kappa shape index (κ2) is 5.10. The Kier molecular flexibility index (Phi) is 3.71. The molecule has 0 aliphatic carbocycles. The lowest BCUT2D eigenvalue weighted by Crippen LogP contribution is -2.31. The topological polar surface area (TPSA) is 58.4 Å². The lowest BCUT2D eigenvalue weighted by atomic mass is 10.1. The van der Waals surface area contributed by atoms with Gasteiger partial charge in [-0.25, -0.2) is 0 Å². The van der Waals surface area contributed by atoms with Gasteiger partial charge in [-0.15, -0.1) is 0 Å². The highest BCUT2D eigenvalue weighted by Crippen LogP contribution is 2.34. The van der Waals surface area contributed by atoms with Crippen LogP contribution in [0.25, 0.3) is 0 Å². The molecular weight excluding hydrogens is 246 g/mol. The van der Waals surface area contributed by atoms with Gasteiger partial charge < -0.3 is 16.0 Å². The van der Waals surface area contributed by atoms with Gasteiger partial charge in [0.1, 0.15) is 0 Å². The number of benzene rings is 1. The van der Waals surface area contributed by atoms with E-state index in [-0.39, 0.29) is 5.91 Å². The van der Waals surface area contributed by atoms with E-state index in [1.165, 1.54) is 0 Å². The van der Waals surface area contributed by atoms with Crippen LogP contribution in [0.2, 0.25) is 0 Å². The molecule has 0 radical (unpaired) electrons. The minimum absolute atomic E-state index is 0.0429. The third-order valence-electron chi connectivity index (χ3n) is 3.33. The van der Waals surface area contributed by atoms with Crippen LogP contribution in [0.1, 0.15) is 12.5 Å². The van der Waals surface area contributed by atoms with E-state index >= 15 is 0 Å². The average Bonchev–Trinajstić information content (AvgIpc) is 2.66. The summed E-state index contributed by atoms with van der Waals surface area (Å²) in [5, 5.41) is 2.86. The van der Waals surface area contributed by atoms with Gasteiger partial charge in [0, 0.05) is 24.5 Å². The Hall–Kier alpha value is -1.36. The monoisotopic (exact) mass is 265 g/mol. The fourth-order valence-corrected chi connectivity index (χ4v) is 2.88. The number of rotatable bonds is 4. The summed E-state index contributed by atoms with van der Waals surface area (Å²) in [6, 6.07) is 4.29. The van der Waals surface area contributed by atoms with Crippen LogP contribution in [0.15, 0.2) is 12.1 Å². The first-order valence-electron chi connectivity index (χ1n) is 5.97. The van der Waals surface area contributed by atoms with E-state index in [0.717, 1.165) is 28.4 Å². The molecule has 1 aliphatic rings. The highest BCUT2D eigenvalue weighted by molar-refractivity contribution is 7.98.